The fourth-order valence-corrected chi connectivity index (χ4v) is 6.14. The van der Waals surface area contributed by atoms with Crippen LogP contribution >= 0.6 is 11.6 Å². The number of carbonyl (C=O) groups is 1. The molecule has 2 aromatic carbocycles. The maximum absolute atomic E-state index is 13.6. The highest BCUT2D eigenvalue weighted by Gasteiger charge is 2.46. The van der Waals surface area contributed by atoms with Gasteiger partial charge in [-0.2, -0.15) is 9.65 Å². The molecule has 0 aliphatic carbocycles. The van der Waals surface area contributed by atoms with Gasteiger partial charge in [-0.25, -0.2) is 9.78 Å². The SMILES string of the molecule is N#Cc1cncc(-c2ccc3c(c2)C2(CCN(CC=Cc4ccc(Cl)cc4)CC2)CN3C(=O)NCc2ccnc(F)c2)c1. The number of anilines is 1. The first-order valence-corrected chi connectivity index (χ1v) is 14.6. The minimum atomic E-state index is -0.575. The van der Waals surface area contributed by atoms with Gasteiger partial charge in [0.25, 0.3) is 0 Å². The molecule has 216 valence electrons. The van der Waals surface area contributed by atoms with E-state index in [2.05, 4.69) is 44.5 Å². The highest BCUT2D eigenvalue weighted by Crippen LogP contribution is 2.48. The first-order valence-electron chi connectivity index (χ1n) is 14.2. The molecule has 4 heterocycles. The van der Waals surface area contributed by atoms with Crippen molar-refractivity contribution >= 4 is 29.4 Å². The Morgan fingerprint density at radius 3 is 2.65 bits per heavy atom. The molecule has 7 nitrogen and oxygen atoms in total. The minimum Gasteiger partial charge on any atom is -0.334 e. The number of nitrogens with one attached hydrogen (secondary N) is 1. The van der Waals surface area contributed by atoms with Crippen LogP contribution in [0.1, 0.15) is 35.1 Å². The van der Waals surface area contributed by atoms with Gasteiger partial charge < -0.3 is 5.32 Å². The molecule has 43 heavy (non-hydrogen) atoms. The van der Waals surface area contributed by atoms with Crippen LogP contribution < -0.4 is 10.2 Å². The summed E-state index contributed by atoms with van der Waals surface area (Å²) in [6.07, 6.45) is 10.8. The van der Waals surface area contributed by atoms with Crippen molar-refractivity contribution in [1.82, 2.24) is 20.2 Å². The van der Waals surface area contributed by atoms with Gasteiger partial charge in [-0.3, -0.25) is 14.8 Å². The Hall–Kier alpha value is -4.58. The molecule has 6 rings (SSSR count). The van der Waals surface area contributed by atoms with Gasteiger partial charge in [0.1, 0.15) is 6.07 Å². The average molecular weight is 593 g/mol. The van der Waals surface area contributed by atoms with Crippen LogP contribution in [0.5, 0.6) is 0 Å². The first-order chi connectivity index (χ1) is 20.9. The van der Waals surface area contributed by atoms with Crippen molar-refractivity contribution in [3.63, 3.8) is 0 Å². The lowest BCUT2D eigenvalue weighted by Gasteiger charge is -2.39. The second-order valence-electron chi connectivity index (χ2n) is 11.1. The van der Waals surface area contributed by atoms with Crippen molar-refractivity contribution < 1.29 is 9.18 Å². The van der Waals surface area contributed by atoms with Crippen molar-refractivity contribution in [3.8, 4) is 17.2 Å². The Kier molecular flexibility index (Phi) is 8.19. The zero-order valence-electron chi connectivity index (χ0n) is 23.5. The molecule has 9 heteroatoms. The summed E-state index contributed by atoms with van der Waals surface area (Å²) in [6.45, 7) is 3.39. The van der Waals surface area contributed by atoms with Crippen LogP contribution in [0.4, 0.5) is 14.9 Å². The van der Waals surface area contributed by atoms with Gasteiger partial charge >= 0.3 is 6.03 Å². The van der Waals surface area contributed by atoms with E-state index in [1.54, 1.807) is 18.5 Å². The molecule has 0 unspecified atom stereocenters. The smallest absolute Gasteiger partial charge is 0.322 e. The van der Waals surface area contributed by atoms with Gasteiger partial charge in [0.2, 0.25) is 5.95 Å². The molecular weight excluding hydrogens is 563 g/mol. The fourth-order valence-electron chi connectivity index (χ4n) is 6.02. The largest absolute Gasteiger partial charge is 0.334 e. The molecule has 0 atom stereocenters. The summed E-state index contributed by atoms with van der Waals surface area (Å²) in [5, 5.41) is 13.1. The van der Waals surface area contributed by atoms with E-state index in [9.17, 15) is 14.4 Å². The van der Waals surface area contributed by atoms with Crippen LogP contribution in [0.15, 0.2) is 85.3 Å². The number of likely N-dealkylation sites (tertiary alicyclic amines) is 1. The van der Waals surface area contributed by atoms with E-state index in [4.69, 9.17) is 11.6 Å². The number of halogens is 2. The van der Waals surface area contributed by atoms with Gasteiger partial charge in [0, 0.05) is 59.9 Å². The van der Waals surface area contributed by atoms with Gasteiger partial charge in [-0.1, -0.05) is 42.0 Å². The van der Waals surface area contributed by atoms with E-state index in [0.717, 1.165) is 65.4 Å². The van der Waals surface area contributed by atoms with Crippen LogP contribution in [0.2, 0.25) is 5.02 Å². The Bertz CT molecular complexity index is 1710. The monoisotopic (exact) mass is 592 g/mol. The van der Waals surface area contributed by atoms with Crippen LogP contribution in [-0.2, 0) is 12.0 Å². The van der Waals surface area contributed by atoms with E-state index in [1.165, 1.54) is 12.3 Å². The molecule has 1 spiro atoms. The topological polar surface area (TPSA) is 85.2 Å². The quantitative estimate of drug-likeness (QED) is 0.256. The third kappa shape index (κ3) is 6.29. The molecular formula is C34H30ClFN6O. The number of hydrogen-bond acceptors (Lipinski definition) is 5. The van der Waals surface area contributed by atoms with E-state index < -0.39 is 5.95 Å². The number of carbonyl (C=O) groups excluding carboxylic acids is 1. The predicted molar refractivity (Wildman–Crippen MR) is 166 cm³/mol. The Labute approximate surface area is 255 Å². The second-order valence-corrected chi connectivity index (χ2v) is 11.5. The van der Waals surface area contributed by atoms with Crippen molar-refractivity contribution in [2.24, 2.45) is 0 Å². The van der Waals surface area contributed by atoms with Gasteiger partial charge in [0.05, 0.1) is 5.56 Å². The average Bonchev–Trinajstić information content (AvgIpc) is 3.35. The number of nitrogens with zero attached hydrogens (tertiary/aromatic N) is 5. The zero-order valence-corrected chi connectivity index (χ0v) is 24.3. The molecule has 0 radical (unpaired) electrons. The summed E-state index contributed by atoms with van der Waals surface area (Å²) < 4.78 is 13.6. The summed E-state index contributed by atoms with van der Waals surface area (Å²) in [7, 11) is 0. The van der Waals surface area contributed by atoms with Crippen LogP contribution in [0.25, 0.3) is 17.2 Å². The molecule has 1 saturated heterocycles. The molecule has 0 bridgehead atoms. The number of urea groups is 1. The minimum absolute atomic E-state index is 0.204. The maximum atomic E-state index is 13.6. The number of hydrogen-bond donors (Lipinski definition) is 1. The van der Waals surface area contributed by atoms with E-state index in [0.29, 0.717) is 17.7 Å². The Morgan fingerprint density at radius 2 is 1.88 bits per heavy atom. The van der Waals surface area contributed by atoms with E-state index in [-0.39, 0.29) is 18.0 Å². The predicted octanol–water partition coefficient (Wildman–Crippen LogP) is 6.58. The summed E-state index contributed by atoms with van der Waals surface area (Å²) in [5.74, 6) is -0.575. The number of aromatic nitrogens is 2. The molecule has 2 aliphatic heterocycles. The normalized spacial score (nSPS) is 15.9. The van der Waals surface area contributed by atoms with Crippen molar-refractivity contribution in [2.45, 2.75) is 24.8 Å². The summed E-state index contributed by atoms with van der Waals surface area (Å²) >= 11 is 6.01. The number of piperidine rings is 1. The van der Waals surface area contributed by atoms with Crippen LogP contribution in [0.3, 0.4) is 0 Å². The lowest BCUT2D eigenvalue weighted by molar-refractivity contribution is 0.180. The van der Waals surface area contributed by atoms with E-state index in [1.807, 2.05) is 47.4 Å². The van der Waals surface area contributed by atoms with Gasteiger partial charge in [-0.15, -0.1) is 0 Å². The molecule has 1 N–H and O–H groups in total. The lowest BCUT2D eigenvalue weighted by Crippen LogP contribution is -2.47. The number of amides is 2. The van der Waals surface area contributed by atoms with Gasteiger partial charge in [-0.05, 0) is 90.6 Å². The number of pyridine rings is 2. The Balaban J connectivity index is 1.22. The Morgan fingerprint density at radius 1 is 1.07 bits per heavy atom. The highest BCUT2D eigenvalue weighted by atomic mass is 35.5. The third-order valence-corrected chi connectivity index (χ3v) is 8.61. The van der Waals surface area contributed by atoms with Crippen molar-refractivity contribution in [1.29, 1.82) is 5.26 Å². The maximum Gasteiger partial charge on any atom is 0.322 e. The lowest BCUT2D eigenvalue weighted by atomic mass is 9.73. The first kappa shape index (κ1) is 28.5. The van der Waals surface area contributed by atoms with Crippen LogP contribution in [0, 0.1) is 17.3 Å². The molecule has 4 aromatic rings. The zero-order chi connectivity index (χ0) is 29.8. The number of nitriles is 1. The molecule has 2 aliphatic rings. The summed E-state index contributed by atoms with van der Waals surface area (Å²) in [4.78, 5) is 25.6. The third-order valence-electron chi connectivity index (χ3n) is 8.36. The molecule has 1 fully saturated rings. The van der Waals surface area contributed by atoms with Crippen LogP contribution in [-0.4, -0.2) is 47.1 Å². The number of rotatable bonds is 6. The fraction of sp³-hybridized carbons (Fsp3) is 0.235. The summed E-state index contributed by atoms with van der Waals surface area (Å²) in [6, 6.07) is 20.7. The number of fused-ring (bicyclic) bond motifs is 2. The molecule has 2 amide bonds. The highest BCUT2D eigenvalue weighted by molar-refractivity contribution is 6.30. The second kappa shape index (κ2) is 12.3. The number of benzene rings is 2. The van der Waals surface area contributed by atoms with Crippen molar-refractivity contribution in [2.75, 3.05) is 31.1 Å². The standard InChI is InChI=1S/C34H30ClFN6O/c35-29-6-3-24(4-7-29)2-1-13-41-14-10-34(11-15-41)23-42(33(43)40-21-25-9-12-39-32(36)17-25)31-8-5-27(18-30(31)34)28-16-26(19-37)20-38-22-28/h1-9,12,16-18,20,22H,10-11,13-15,21,23H2,(H,40,43). The molecule has 0 saturated carbocycles. The summed E-state index contributed by atoms with van der Waals surface area (Å²) in [5.41, 5.74) is 5.89. The van der Waals surface area contributed by atoms with Gasteiger partial charge in [0.15, 0.2) is 0 Å². The van der Waals surface area contributed by atoms with Crippen molar-refractivity contribution in [3.05, 3.63) is 119 Å². The van der Waals surface area contributed by atoms with E-state index >= 15 is 0 Å². The molecule has 2 aromatic heterocycles.